The minimum absolute atomic E-state index is 0.716. The highest BCUT2D eigenvalue weighted by molar-refractivity contribution is 6.35. The molecule has 2 saturated heterocycles. The van der Waals surface area contributed by atoms with Gasteiger partial charge in [-0.15, -0.1) is 0 Å². The lowest BCUT2D eigenvalue weighted by Crippen LogP contribution is -2.50. The van der Waals surface area contributed by atoms with E-state index in [9.17, 15) is 0 Å². The van der Waals surface area contributed by atoms with E-state index in [1.165, 1.54) is 44.6 Å². The number of piperazine rings is 1. The van der Waals surface area contributed by atoms with Crippen molar-refractivity contribution in [1.82, 2.24) is 9.80 Å². The van der Waals surface area contributed by atoms with Gasteiger partial charge in [-0.05, 0) is 43.5 Å². The third-order valence-electron chi connectivity index (χ3n) is 4.38. The molecule has 1 atom stereocenters. The number of hydrogen-bond donors (Lipinski definition) is 0. The molecule has 1 aromatic carbocycles. The van der Waals surface area contributed by atoms with Crippen LogP contribution < -0.4 is 0 Å². The Morgan fingerprint density at radius 2 is 2.05 bits per heavy atom. The molecule has 0 aliphatic carbocycles. The summed E-state index contributed by atoms with van der Waals surface area (Å²) in [5.41, 5.74) is 1.21. The first kappa shape index (κ1) is 13.7. The monoisotopic (exact) mass is 298 g/mol. The van der Waals surface area contributed by atoms with Gasteiger partial charge in [0.05, 0.1) is 0 Å². The van der Waals surface area contributed by atoms with Crippen molar-refractivity contribution in [3.05, 3.63) is 33.8 Å². The molecule has 1 aromatic rings. The molecule has 0 amide bonds. The van der Waals surface area contributed by atoms with Crippen LogP contribution in [0.5, 0.6) is 0 Å². The van der Waals surface area contributed by atoms with Crippen molar-refractivity contribution in [1.29, 1.82) is 0 Å². The third-order valence-corrected chi connectivity index (χ3v) is 4.97. The number of hydrogen-bond acceptors (Lipinski definition) is 2. The maximum absolute atomic E-state index is 6.23. The van der Waals surface area contributed by atoms with E-state index in [2.05, 4.69) is 15.9 Å². The summed E-state index contributed by atoms with van der Waals surface area (Å²) in [5.74, 6) is 0. The van der Waals surface area contributed by atoms with E-state index in [-0.39, 0.29) is 0 Å². The smallest absolute Gasteiger partial charge is 0.0453 e. The molecule has 2 heterocycles. The Kier molecular flexibility index (Phi) is 4.33. The molecule has 1 unspecified atom stereocenters. The zero-order valence-corrected chi connectivity index (χ0v) is 12.6. The van der Waals surface area contributed by atoms with Gasteiger partial charge in [-0.3, -0.25) is 4.90 Å². The van der Waals surface area contributed by atoms with Gasteiger partial charge < -0.3 is 4.90 Å². The number of halogens is 2. The molecular weight excluding hydrogens is 279 g/mol. The van der Waals surface area contributed by atoms with Gasteiger partial charge in [0, 0.05) is 42.3 Å². The van der Waals surface area contributed by atoms with Gasteiger partial charge in [-0.2, -0.15) is 0 Å². The maximum Gasteiger partial charge on any atom is 0.0453 e. The summed E-state index contributed by atoms with van der Waals surface area (Å²) in [6.07, 6.45) is 3.77. The highest BCUT2D eigenvalue weighted by Gasteiger charge is 2.30. The van der Waals surface area contributed by atoms with E-state index < -0.39 is 0 Å². The summed E-state index contributed by atoms with van der Waals surface area (Å²) in [6.45, 7) is 6.07. The summed E-state index contributed by atoms with van der Waals surface area (Å²) < 4.78 is 0. The van der Waals surface area contributed by atoms with E-state index in [1.807, 2.05) is 12.1 Å². The Bertz CT molecular complexity index is 450. The SMILES string of the molecule is Clc1ccc(CCN2CCN3CCCC3C2)c(Cl)c1. The first-order valence-electron chi connectivity index (χ1n) is 7.13. The second-order valence-electron chi connectivity index (χ2n) is 5.62. The summed E-state index contributed by atoms with van der Waals surface area (Å²) in [5, 5.41) is 1.51. The highest BCUT2D eigenvalue weighted by Crippen LogP contribution is 2.24. The van der Waals surface area contributed by atoms with Crippen molar-refractivity contribution >= 4 is 23.2 Å². The van der Waals surface area contributed by atoms with Crippen LogP contribution in [-0.4, -0.2) is 48.6 Å². The van der Waals surface area contributed by atoms with Crippen LogP contribution in [-0.2, 0) is 6.42 Å². The average Bonchev–Trinajstić information content (AvgIpc) is 2.85. The topological polar surface area (TPSA) is 6.48 Å². The lowest BCUT2D eigenvalue weighted by atomic mass is 10.1. The van der Waals surface area contributed by atoms with Gasteiger partial charge in [-0.1, -0.05) is 29.3 Å². The van der Waals surface area contributed by atoms with Crippen molar-refractivity contribution in [2.24, 2.45) is 0 Å². The van der Waals surface area contributed by atoms with Crippen molar-refractivity contribution < 1.29 is 0 Å². The Morgan fingerprint density at radius 3 is 2.89 bits per heavy atom. The van der Waals surface area contributed by atoms with Crippen LogP contribution >= 0.6 is 23.2 Å². The van der Waals surface area contributed by atoms with Crippen molar-refractivity contribution in [2.75, 3.05) is 32.7 Å². The van der Waals surface area contributed by atoms with E-state index in [0.29, 0.717) is 5.02 Å². The summed E-state index contributed by atoms with van der Waals surface area (Å²) >= 11 is 12.2. The zero-order valence-electron chi connectivity index (χ0n) is 11.1. The van der Waals surface area contributed by atoms with E-state index in [0.717, 1.165) is 24.0 Å². The molecular formula is C15H20Cl2N2. The van der Waals surface area contributed by atoms with Crippen LogP contribution in [0.15, 0.2) is 18.2 Å². The molecule has 2 nitrogen and oxygen atoms in total. The number of fused-ring (bicyclic) bond motifs is 1. The second-order valence-corrected chi connectivity index (χ2v) is 6.46. The quantitative estimate of drug-likeness (QED) is 0.845. The van der Waals surface area contributed by atoms with Gasteiger partial charge in [0.1, 0.15) is 0 Å². The molecule has 0 aromatic heterocycles. The summed E-state index contributed by atoms with van der Waals surface area (Å²) in [6, 6.07) is 6.62. The normalized spacial score (nSPS) is 24.6. The van der Waals surface area contributed by atoms with Crippen molar-refractivity contribution in [3.63, 3.8) is 0 Å². The Hall–Kier alpha value is -0.280. The van der Waals surface area contributed by atoms with Gasteiger partial charge >= 0.3 is 0 Å². The Balaban J connectivity index is 1.54. The van der Waals surface area contributed by atoms with Gasteiger partial charge in [-0.25, -0.2) is 0 Å². The van der Waals surface area contributed by atoms with Crippen molar-refractivity contribution in [2.45, 2.75) is 25.3 Å². The summed E-state index contributed by atoms with van der Waals surface area (Å²) in [7, 11) is 0. The van der Waals surface area contributed by atoms with Crippen molar-refractivity contribution in [3.8, 4) is 0 Å². The number of rotatable bonds is 3. The molecule has 0 bridgehead atoms. The molecule has 2 fully saturated rings. The van der Waals surface area contributed by atoms with Crippen LogP contribution in [0, 0.1) is 0 Å². The van der Waals surface area contributed by atoms with Crippen LogP contribution in [0.4, 0.5) is 0 Å². The minimum Gasteiger partial charge on any atom is -0.300 e. The second kappa shape index (κ2) is 6.01. The summed E-state index contributed by atoms with van der Waals surface area (Å²) in [4.78, 5) is 5.23. The lowest BCUT2D eigenvalue weighted by molar-refractivity contribution is 0.105. The largest absolute Gasteiger partial charge is 0.300 e. The number of nitrogens with zero attached hydrogens (tertiary/aromatic N) is 2. The molecule has 0 saturated carbocycles. The molecule has 0 radical (unpaired) electrons. The Labute approximate surface area is 125 Å². The van der Waals surface area contributed by atoms with E-state index in [1.54, 1.807) is 0 Å². The van der Waals surface area contributed by atoms with Crippen LogP contribution in [0.1, 0.15) is 18.4 Å². The highest BCUT2D eigenvalue weighted by atomic mass is 35.5. The zero-order chi connectivity index (χ0) is 13.2. The fourth-order valence-electron chi connectivity index (χ4n) is 3.26. The lowest BCUT2D eigenvalue weighted by Gasteiger charge is -2.37. The fraction of sp³-hybridized carbons (Fsp3) is 0.600. The van der Waals surface area contributed by atoms with E-state index in [4.69, 9.17) is 23.2 Å². The first-order valence-corrected chi connectivity index (χ1v) is 7.88. The molecule has 19 heavy (non-hydrogen) atoms. The predicted octanol–water partition coefficient (Wildman–Crippen LogP) is 3.32. The minimum atomic E-state index is 0.716. The van der Waals surface area contributed by atoms with Gasteiger partial charge in [0.2, 0.25) is 0 Å². The Morgan fingerprint density at radius 1 is 1.16 bits per heavy atom. The van der Waals surface area contributed by atoms with Crippen LogP contribution in [0.2, 0.25) is 10.0 Å². The van der Waals surface area contributed by atoms with Crippen LogP contribution in [0.25, 0.3) is 0 Å². The maximum atomic E-state index is 6.23. The van der Waals surface area contributed by atoms with Crippen LogP contribution in [0.3, 0.4) is 0 Å². The molecule has 104 valence electrons. The van der Waals surface area contributed by atoms with Gasteiger partial charge in [0.25, 0.3) is 0 Å². The molecule has 0 spiro atoms. The fourth-order valence-corrected chi connectivity index (χ4v) is 3.76. The molecule has 4 heteroatoms. The standard InChI is InChI=1S/C15H20Cl2N2/c16-13-4-3-12(15(17)10-13)5-7-18-8-9-19-6-1-2-14(19)11-18/h3-4,10,14H,1-2,5-9,11H2. The third kappa shape index (κ3) is 3.25. The van der Waals surface area contributed by atoms with E-state index >= 15 is 0 Å². The molecule has 3 rings (SSSR count). The molecule has 2 aliphatic rings. The number of benzene rings is 1. The molecule has 2 aliphatic heterocycles. The molecule has 0 N–H and O–H groups in total. The first-order chi connectivity index (χ1) is 9.22. The predicted molar refractivity (Wildman–Crippen MR) is 81.2 cm³/mol. The van der Waals surface area contributed by atoms with Gasteiger partial charge in [0.15, 0.2) is 0 Å². The average molecular weight is 299 g/mol.